The number of carboxylic acid groups (broad SMARTS) is 1. The molecule has 2 heterocycles. The van der Waals surface area contributed by atoms with Crippen LogP contribution in [-0.4, -0.2) is 46.5 Å². The van der Waals surface area contributed by atoms with E-state index in [9.17, 15) is 25.1 Å². The van der Waals surface area contributed by atoms with Gasteiger partial charge in [-0.25, -0.2) is 9.78 Å². The minimum atomic E-state index is -2.61. The van der Waals surface area contributed by atoms with Crippen molar-refractivity contribution in [2.45, 2.75) is 5.54 Å². The van der Waals surface area contributed by atoms with Crippen molar-refractivity contribution >= 4 is 40.1 Å². The van der Waals surface area contributed by atoms with Crippen LogP contribution in [0.5, 0.6) is 17.2 Å². The molecule has 4 N–H and O–H groups in total. The molecule has 0 amide bonds. The summed E-state index contributed by atoms with van der Waals surface area (Å²) in [4.78, 5) is 32.8. The Morgan fingerprint density at radius 2 is 1.91 bits per heavy atom. The Morgan fingerprint density at radius 3 is 2.55 bits per heavy atom. The molecule has 4 rings (SSSR count). The topological polar surface area (TPSA) is 176 Å². The van der Waals surface area contributed by atoms with Gasteiger partial charge in [-0.1, -0.05) is 0 Å². The van der Waals surface area contributed by atoms with Crippen LogP contribution >= 0.6 is 0 Å². The van der Waals surface area contributed by atoms with Gasteiger partial charge in [0.1, 0.15) is 40.2 Å². The third-order valence-corrected chi connectivity index (χ3v) is 4.95. The van der Waals surface area contributed by atoms with Gasteiger partial charge in [0, 0.05) is 30.9 Å². The Hall–Kier alpha value is -4.69. The lowest BCUT2D eigenvalue weighted by atomic mass is 9.94. The van der Waals surface area contributed by atoms with Crippen LogP contribution in [0.3, 0.4) is 0 Å². The average molecular weight is 447 g/mol. The van der Waals surface area contributed by atoms with Gasteiger partial charge in [0.2, 0.25) is 5.54 Å². The second-order valence-electron chi connectivity index (χ2n) is 7.39. The molecule has 4 aromatic rings. The Balaban J connectivity index is 1.78. The smallest absolute Gasteiger partial charge is 0.337 e. The summed E-state index contributed by atoms with van der Waals surface area (Å²) in [7, 11) is 3.61. The largest absolute Gasteiger partial charge is 0.505 e. The fourth-order valence-corrected chi connectivity index (χ4v) is 3.21. The molecule has 0 aliphatic heterocycles. The maximum absolute atomic E-state index is 11.5. The summed E-state index contributed by atoms with van der Waals surface area (Å²) in [5.74, 6) is -1.58. The van der Waals surface area contributed by atoms with Gasteiger partial charge in [0.15, 0.2) is 11.9 Å². The first-order valence-corrected chi connectivity index (χ1v) is 9.49. The van der Waals surface area contributed by atoms with Crippen LogP contribution in [0, 0.1) is 11.3 Å². The SMILES string of the molecule is CN(C)c1nc2cc(Oc3ccc4c(O)c(C(N)(C=O)C(=O)O)nc(C#N)c4c3)ccc2o1. The van der Waals surface area contributed by atoms with Crippen LogP contribution in [0.2, 0.25) is 0 Å². The van der Waals surface area contributed by atoms with E-state index in [1.807, 2.05) is 6.07 Å². The quantitative estimate of drug-likeness (QED) is 0.292. The lowest BCUT2D eigenvalue weighted by Crippen LogP contribution is -2.47. The predicted molar refractivity (Wildman–Crippen MR) is 116 cm³/mol. The van der Waals surface area contributed by atoms with Gasteiger partial charge in [-0.2, -0.15) is 10.2 Å². The van der Waals surface area contributed by atoms with E-state index in [4.69, 9.17) is 14.9 Å². The number of benzene rings is 2. The summed E-state index contributed by atoms with van der Waals surface area (Å²) < 4.78 is 11.5. The second-order valence-corrected chi connectivity index (χ2v) is 7.39. The highest BCUT2D eigenvalue weighted by Gasteiger charge is 2.41. The molecule has 166 valence electrons. The number of pyridine rings is 1. The Morgan fingerprint density at radius 1 is 1.21 bits per heavy atom. The van der Waals surface area contributed by atoms with E-state index in [2.05, 4.69) is 9.97 Å². The number of nitrogens with two attached hydrogens (primary N) is 1. The van der Waals surface area contributed by atoms with Gasteiger partial charge in [-0.05, 0) is 30.3 Å². The Bertz CT molecular complexity index is 1470. The zero-order valence-electron chi connectivity index (χ0n) is 17.4. The number of carbonyl (C=O) groups excluding carboxylic acids is 1. The van der Waals surface area contributed by atoms with Gasteiger partial charge in [0.05, 0.1) is 0 Å². The minimum Gasteiger partial charge on any atom is -0.505 e. The molecule has 0 saturated carbocycles. The number of nitrogens with zero attached hydrogens (tertiary/aromatic N) is 4. The van der Waals surface area contributed by atoms with Crippen molar-refractivity contribution in [1.82, 2.24) is 9.97 Å². The Kier molecular flexibility index (Phi) is 5.07. The van der Waals surface area contributed by atoms with Crippen molar-refractivity contribution < 1.29 is 29.0 Å². The fourth-order valence-electron chi connectivity index (χ4n) is 3.21. The van der Waals surface area contributed by atoms with Crippen molar-refractivity contribution in [3.8, 4) is 23.3 Å². The summed E-state index contributed by atoms with van der Waals surface area (Å²) in [6.45, 7) is 0. The highest BCUT2D eigenvalue weighted by atomic mass is 16.5. The summed E-state index contributed by atoms with van der Waals surface area (Å²) in [5.41, 5.74) is 3.32. The summed E-state index contributed by atoms with van der Waals surface area (Å²) >= 11 is 0. The number of aromatic hydroxyl groups is 1. The normalized spacial score (nSPS) is 12.8. The molecule has 0 aliphatic rings. The van der Waals surface area contributed by atoms with Crippen molar-refractivity contribution in [1.29, 1.82) is 5.26 Å². The number of rotatable bonds is 6. The van der Waals surface area contributed by atoms with E-state index in [0.29, 0.717) is 28.6 Å². The van der Waals surface area contributed by atoms with Crippen molar-refractivity contribution in [3.63, 3.8) is 0 Å². The molecular formula is C22H17N5O6. The third kappa shape index (κ3) is 3.54. The van der Waals surface area contributed by atoms with E-state index < -0.39 is 23.0 Å². The number of aldehydes is 1. The van der Waals surface area contributed by atoms with E-state index >= 15 is 0 Å². The lowest BCUT2D eigenvalue weighted by molar-refractivity contribution is -0.145. The second kappa shape index (κ2) is 7.77. The summed E-state index contributed by atoms with van der Waals surface area (Å²) in [6.07, 6.45) is -0.0520. The number of ether oxygens (including phenoxy) is 1. The van der Waals surface area contributed by atoms with Gasteiger partial charge in [0.25, 0.3) is 6.01 Å². The molecule has 1 atom stereocenters. The first-order valence-electron chi connectivity index (χ1n) is 9.49. The van der Waals surface area contributed by atoms with Crippen LogP contribution < -0.4 is 15.4 Å². The number of carbonyl (C=O) groups is 2. The first kappa shape index (κ1) is 21.5. The molecular weight excluding hydrogens is 430 g/mol. The predicted octanol–water partition coefficient (Wildman–Crippen LogP) is 2.25. The zero-order valence-corrected chi connectivity index (χ0v) is 17.4. The number of hydrogen-bond donors (Lipinski definition) is 3. The molecule has 33 heavy (non-hydrogen) atoms. The van der Waals surface area contributed by atoms with Crippen LogP contribution in [0.1, 0.15) is 11.4 Å². The van der Waals surface area contributed by atoms with E-state index in [1.165, 1.54) is 18.2 Å². The number of fused-ring (bicyclic) bond motifs is 2. The molecule has 0 spiro atoms. The van der Waals surface area contributed by atoms with Gasteiger partial charge in [-0.3, -0.25) is 0 Å². The molecule has 0 radical (unpaired) electrons. The molecule has 11 heteroatoms. The number of aromatic nitrogens is 2. The number of aliphatic carboxylic acids is 1. The van der Waals surface area contributed by atoms with Gasteiger partial charge >= 0.3 is 5.97 Å². The van der Waals surface area contributed by atoms with Crippen molar-refractivity contribution in [2.75, 3.05) is 19.0 Å². The minimum absolute atomic E-state index is 0.0520. The molecule has 0 aliphatic carbocycles. The number of oxazole rings is 1. The zero-order chi connectivity index (χ0) is 23.9. The highest BCUT2D eigenvalue weighted by Crippen LogP contribution is 2.37. The van der Waals surface area contributed by atoms with E-state index in [1.54, 1.807) is 37.2 Å². The first-order chi connectivity index (χ1) is 15.7. The van der Waals surface area contributed by atoms with Crippen LogP contribution in [0.4, 0.5) is 6.01 Å². The molecule has 2 aromatic heterocycles. The monoisotopic (exact) mass is 447 g/mol. The number of carboxylic acids is 1. The fraction of sp³-hybridized carbons (Fsp3) is 0.136. The third-order valence-electron chi connectivity index (χ3n) is 4.95. The van der Waals surface area contributed by atoms with Crippen molar-refractivity contribution in [3.05, 3.63) is 47.8 Å². The average Bonchev–Trinajstić information content (AvgIpc) is 3.22. The van der Waals surface area contributed by atoms with Gasteiger partial charge in [-0.15, -0.1) is 0 Å². The van der Waals surface area contributed by atoms with Crippen LogP contribution in [0.15, 0.2) is 40.8 Å². The number of anilines is 1. The van der Waals surface area contributed by atoms with Crippen LogP contribution in [-0.2, 0) is 15.1 Å². The standard InChI is InChI=1S/C22H17N5O6/c1-27(2)21-26-15-8-12(4-6-17(15)33-21)32-11-3-5-13-14(7-11)16(9-23)25-19(18(13)29)22(24,10-28)20(30)31/h3-8,10,29H,24H2,1-2H3,(H,30,31). The molecule has 0 saturated heterocycles. The Labute approximate surface area is 186 Å². The van der Waals surface area contributed by atoms with Gasteiger partial charge < -0.3 is 34.8 Å². The molecule has 2 aromatic carbocycles. The lowest BCUT2D eigenvalue weighted by Gasteiger charge is -2.19. The molecule has 0 bridgehead atoms. The molecule has 1 unspecified atom stereocenters. The maximum atomic E-state index is 11.5. The summed E-state index contributed by atoms with van der Waals surface area (Å²) in [6, 6.07) is 11.7. The van der Waals surface area contributed by atoms with E-state index in [-0.39, 0.29) is 22.8 Å². The number of nitriles is 1. The number of hydrogen-bond acceptors (Lipinski definition) is 10. The summed E-state index contributed by atoms with van der Waals surface area (Å²) in [5, 5.41) is 29.7. The van der Waals surface area contributed by atoms with Crippen LogP contribution in [0.25, 0.3) is 21.9 Å². The van der Waals surface area contributed by atoms with Crippen molar-refractivity contribution in [2.24, 2.45) is 5.73 Å². The van der Waals surface area contributed by atoms with E-state index in [0.717, 1.165) is 0 Å². The molecule has 0 fully saturated rings. The highest BCUT2D eigenvalue weighted by molar-refractivity contribution is 6.01. The maximum Gasteiger partial charge on any atom is 0.337 e. The molecule has 11 nitrogen and oxygen atoms in total.